The van der Waals surface area contributed by atoms with Crippen LogP contribution in [0.15, 0.2) is 30.5 Å². The first-order chi connectivity index (χ1) is 12.7. The van der Waals surface area contributed by atoms with E-state index >= 15 is 0 Å². The number of hydrogen-bond acceptors (Lipinski definition) is 6. The van der Waals surface area contributed by atoms with Gasteiger partial charge in [0.2, 0.25) is 5.88 Å². The topological polar surface area (TPSA) is 60.4 Å². The maximum absolute atomic E-state index is 13.9. The summed E-state index contributed by atoms with van der Waals surface area (Å²) < 4.78 is 25.8. The van der Waals surface area contributed by atoms with Crippen LogP contribution in [0.3, 0.4) is 0 Å². The standard InChI is InChI=1S/C19H23FN4O2/c1-14-5-6-17(23-22-14)24-10-7-16-19(12-24,8-3-11-25-16)13-26-18-15(20)4-2-9-21-18/h2,4-6,9,16H,3,7-8,10-13H2,1H3/t16-,19+/m0/s1. The summed E-state index contributed by atoms with van der Waals surface area (Å²) in [7, 11) is 0. The molecule has 0 spiro atoms. The molecule has 0 saturated carbocycles. The van der Waals surface area contributed by atoms with Crippen molar-refractivity contribution in [3.8, 4) is 5.88 Å². The van der Waals surface area contributed by atoms with Gasteiger partial charge in [-0.05, 0) is 50.5 Å². The molecule has 0 bridgehead atoms. The highest BCUT2D eigenvalue weighted by Crippen LogP contribution is 2.41. The predicted molar refractivity (Wildman–Crippen MR) is 94.7 cm³/mol. The summed E-state index contributed by atoms with van der Waals surface area (Å²) in [6, 6.07) is 6.90. The van der Waals surface area contributed by atoms with E-state index in [0.29, 0.717) is 6.61 Å². The first-order valence-electron chi connectivity index (χ1n) is 9.06. The molecule has 2 aliphatic rings. The molecule has 2 aromatic rings. The number of pyridine rings is 1. The van der Waals surface area contributed by atoms with Crippen LogP contribution in [0.5, 0.6) is 5.88 Å². The molecule has 2 atom stereocenters. The lowest BCUT2D eigenvalue weighted by atomic mass is 9.73. The van der Waals surface area contributed by atoms with Gasteiger partial charge in [0.25, 0.3) is 0 Å². The van der Waals surface area contributed by atoms with E-state index < -0.39 is 5.82 Å². The third-order valence-corrected chi connectivity index (χ3v) is 5.32. The lowest BCUT2D eigenvalue weighted by molar-refractivity contribution is -0.110. The largest absolute Gasteiger partial charge is 0.475 e. The van der Waals surface area contributed by atoms with Crippen molar-refractivity contribution in [2.24, 2.45) is 5.41 Å². The second kappa shape index (κ2) is 7.15. The average Bonchev–Trinajstić information content (AvgIpc) is 2.67. The fourth-order valence-corrected chi connectivity index (χ4v) is 3.95. The van der Waals surface area contributed by atoms with Crippen molar-refractivity contribution in [1.29, 1.82) is 0 Å². The Morgan fingerprint density at radius 3 is 3.08 bits per heavy atom. The number of ether oxygens (including phenoxy) is 2. The van der Waals surface area contributed by atoms with Crippen LogP contribution in [-0.2, 0) is 4.74 Å². The van der Waals surface area contributed by atoms with Crippen molar-refractivity contribution in [2.75, 3.05) is 31.2 Å². The van der Waals surface area contributed by atoms with Gasteiger partial charge in [-0.1, -0.05) is 0 Å². The van der Waals surface area contributed by atoms with Crippen LogP contribution in [0.25, 0.3) is 0 Å². The molecule has 4 heterocycles. The quantitative estimate of drug-likeness (QED) is 0.838. The summed E-state index contributed by atoms with van der Waals surface area (Å²) >= 11 is 0. The Bertz CT molecular complexity index is 757. The van der Waals surface area contributed by atoms with Gasteiger partial charge < -0.3 is 14.4 Å². The smallest absolute Gasteiger partial charge is 0.250 e. The molecule has 2 aromatic heterocycles. The summed E-state index contributed by atoms with van der Waals surface area (Å²) in [5, 5.41) is 8.50. The molecule has 0 radical (unpaired) electrons. The van der Waals surface area contributed by atoms with Crippen molar-refractivity contribution in [3.05, 3.63) is 42.0 Å². The zero-order chi connectivity index (χ0) is 18.0. The maximum atomic E-state index is 13.9. The molecule has 2 fully saturated rings. The normalized spacial score (nSPS) is 25.6. The zero-order valence-corrected chi connectivity index (χ0v) is 14.9. The van der Waals surface area contributed by atoms with Crippen LogP contribution in [0.1, 0.15) is 25.0 Å². The van der Waals surface area contributed by atoms with Gasteiger partial charge in [-0.25, -0.2) is 9.37 Å². The van der Waals surface area contributed by atoms with Crippen LogP contribution in [0, 0.1) is 18.2 Å². The second-order valence-corrected chi connectivity index (χ2v) is 7.15. The first kappa shape index (κ1) is 17.1. The highest BCUT2D eigenvalue weighted by atomic mass is 19.1. The highest BCUT2D eigenvalue weighted by Gasteiger charge is 2.47. The van der Waals surface area contributed by atoms with Crippen molar-refractivity contribution in [1.82, 2.24) is 15.2 Å². The number of fused-ring (bicyclic) bond motifs is 1. The summed E-state index contributed by atoms with van der Waals surface area (Å²) in [6.45, 7) is 4.69. The van der Waals surface area contributed by atoms with E-state index in [4.69, 9.17) is 9.47 Å². The lowest BCUT2D eigenvalue weighted by Gasteiger charge is -2.50. The molecule has 0 N–H and O–H groups in total. The molecule has 6 nitrogen and oxygen atoms in total. The van der Waals surface area contributed by atoms with Gasteiger partial charge in [0.05, 0.1) is 18.4 Å². The monoisotopic (exact) mass is 358 g/mol. The number of halogens is 1. The minimum Gasteiger partial charge on any atom is -0.475 e. The molecule has 2 aliphatic heterocycles. The Labute approximate surface area is 152 Å². The average molecular weight is 358 g/mol. The van der Waals surface area contributed by atoms with E-state index in [-0.39, 0.29) is 17.4 Å². The highest BCUT2D eigenvalue weighted by molar-refractivity contribution is 5.39. The molecule has 0 aromatic carbocycles. The molecule has 7 heteroatoms. The molecule has 0 aliphatic carbocycles. The van der Waals surface area contributed by atoms with Gasteiger partial charge in [-0.3, -0.25) is 0 Å². The number of aromatic nitrogens is 3. The van der Waals surface area contributed by atoms with Crippen LogP contribution < -0.4 is 9.64 Å². The number of anilines is 1. The summed E-state index contributed by atoms with van der Waals surface area (Å²) in [6.07, 6.45) is 4.49. The van der Waals surface area contributed by atoms with E-state index in [1.54, 1.807) is 12.3 Å². The fourth-order valence-electron chi connectivity index (χ4n) is 3.95. The molecular formula is C19H23FN4O2. The molecule has 0 amide bonds. The molecule has 2 saturated heterocycles. The Morgan fingerprint density at radius 2 is 2.27 bits per heavy atom. The van der Waals surface area contributed by atoms with E-state index in [1.807, 2.05) is 19.1 Å². The van der Waals surface area contributed by atoms with E-state index in [2.05, 4.69) is 20.1 Å². The Morgan fingerprint density at radius 1 is 1.35 bits per heavy atom. The van der Waals surface area contributed by atoms with E-state index in [1.165, 1.54) is 6.07 Å². The molecule has 138 valence electrons. The number of nitrogens with zero attached hydrogens (tertiary/aromatic N) is 4. The number of rotatable bonds is 4. The first-order valence-corrected chi connectivity index (χ1v) is 9.06. The molecule has 0 unspecified atom stereocenters. The Kier molecular flexibility index (Phi) is 4.72. The summed E-state index contributed by atoms with van der Waals surface area (Å²) in [5.41, 5.74) is 0.695. The molecule has 4 rings (SSSR count). The van der Waals surface area contributed by atoms with Gasteiger partial charge in [-0.15, -0.1) is 5.10 Å². The van der Waals surface area contributed by atoms with Crippen LogP contribution in [0.2, 0.25) is 0 Å². The third-order valence-electron chi connectivity index (χ3n) is 5.32. The minimum absolute atomic E-state index is 0.0541. The lowest BCUT2D eigenvalue weighted by Crippen LogP contribution is -2.57. The number of piperidine rings is 1. The summed E-state index contributed by atoms with van der Waals surface area (Å²) in [5.74, 6) is 0.482. The Balaban J connectivity index is 1.54. The SMILES string of the molecule is Cc1ccc(N2CC[C@@H]3OCCC[C@]3(COc3ncccc3F)C2)nn1. The second-order valence-electron chi connectivity index (χ2n) is 7.15. The van der Waals surface area contributed by atoms with Crippen molar-refractivity contribution < 1.29 is 13.9 Å². The third kappa shape index (κ3) is 3.35. The van der Waals surface area contributed by atoms with Crippen molar-refractivity contribution in [2.45, 2.75) is 32.3 Å². The van der Waals surface area contributed by atoms with Gasteiger partial charge in [0.15, 0.2) is 11.6 Å². The maximum Gasteiger partial charge on any atom is 0.250 e. The van der Waals surface area contributed by atoms with Crippen molar-refractivity contribution >= 4 is 5.82 Å². The molecular weight excluding hydrogens is 335 g/mol. The summed E-state index contributed by atoms with van der Waals surface area (Å²) in [4.78, 5) is 6.24. The van der Waals surface area contributed by atoms with Gasteiger partial charge >= 0.3 is 0 Å². The van der Waals surface area contributed by atoms with Crippen LogP contribution in [0.4, 0.5) is 10.2 Å². The fraction of sp³-hybridized carbons (Fsp3) is 0.526. The Hall–Kier alpha value is -2.28. The van der Waals surface area contributed by atoms with Gasteiger partial charge in [0, 0.05) is 31.3 Å². The molecule has 26 heavy (non-hydrogen) atoms. The van der Waals surface area contributed by atoms with Gasteiger partial charge in [-0.2, -0.15) is 5.10 Å². The van der Waals surface area contributed by atoms with E-state index in [9.17, 15) is 4.39 Å². The number of hydrogen-bond donors (Lipinski definition) is 0. The predicted octanol–water partition coefficient (Wildman–Crippen LogP) is 2.77. The van der Waals surface area contributed by atoms with E-state index in [0.717, 1.165) is 50.5 Å². The minimum atomic E-state index is -0.436. The van der Waals surface area contributed by atoms with Crippen molar-refractivity contribution in [3.63, 3.8) is 0 Å². The zero-order valence-electron chi connectivity index (χ0n) is 14.9. The van der Waals surface area contributed by atoms with Crippen LogP contribution >= 0.6 is 0 Å². The van der Waals surface area contributed by atoms with Gasteiger partial charge in [0.1, 0.15) is 0 Å². The number of aryl methyl sites for hydroxylation is 1. The van der Waals surface area contributed by atoms with Crippen LogP contribution in [-0.4, -0.2) is 47.6 Å².